The fourth-order valence-electron chi connectivity index (χ4n) is 1.97. The van der Waals surface area contributed by atoms with Gasteiger partial charge in [0.05, 0.1) is 10.6 Å². The molecule has 0 unspecified atom stereocenters. The molecule has 0 radical (unpaired) electrons. The van der Waals surface area contributed by atoms with Crippen LogP contribution in [0.15, 0.2) is 53.4 Å². The van der Waals surface area contributed by atoms with Crippen molar-refractivity contribution in [3.05, 3.63) is 54.1 Å². The van der Waals surface area contributed by atoms with Crippen LogP contribution in [0.4, 0.5) is 0 Å². The van der Waals surface area contributed by atoms with E-state index in [2.05, 4.69) is 0 Å². The number of ether oxygens (including phenoxy) is 1. The van der Waals surface area contributed by atoms with E-state index in [9.17, 15) is 8.42 Å². The van der Waals surface area contributed by atoms with E-state index >= 15 is 0 Å². The summed E-state index contributed by atoms with van der Waals surface area (Å²) in [5.74, 6) is 1.44. The summed E-state index contributed by atoms with van der Waals surface area (Å²) in [5, 5.41) is 0. The fourth-order valence-corrected chi connectivity index (χ4v) is 3.30. The van der Waals surface area contributed by atoms with Crippen molar-refractivity contribution >= 4 is 9.84 Å². The van der Waals surface area contributed by atoms with E-state index in [0.717, 1.165) is 5.56 Å². The first-order valence-electron chi connectivity index (χ1n) is 6.85. The smallest absolute Gasteiger partial charge is 0.178 e. The maximum atomic E-state index is 11.9. The highest BCUT2D eigenvalue weighted by molar-refractivity contribution is 7.91. The molecular weight excluding hydrogens is 286 g/mol. The minimum atomic E-state index is -3.18. The molecule has 2 aromatic carbocycles. The lowest BCUT2D eigenvalue weighted by Gasteiger charge is -2.08. The summed E-state index contributed by atoms with van der Waals surface area (Å²) >= 11 is 0. The van der Waals surface area contributed by atoms with Gasteiger partial charge in [-0.25, -0.2) is 8.42 Å². The Labute approximate surface area is 125 Å². The van der Waals surface area contributed by atoms with Crippen LogP contribution in [0.2, 0.25) is 0 Å². The van der Waals surface area contributed by atoms with E-state index in [0.29, 0.717) is 29.4 Å². The highest BCUT2D eigenvalue weighted by atomic mass is 32.2. The molecule has 0 bridgehead atoms. The van der Waals surface area contributed by atoms with Crippen molar-refractivity contribution in [1.82, 2.24) is 0 Å². The van der Waals surface area contributed by atoms with Gasteiger partial charge < -0.3 is 10.5 Å². The van der Waals surface area contributed by atoms with Crippen molar-refractivity contribution in [3.8, 4) is 11.5 Å². The van der Waals surface area contributed by atoms with Gasteiger partial charge in [0.1, 0.15) is 11.5 Å². The van der Waals surface area contributed by atoms with E-state index in [1.165, 1.54) is 0 Å². The third-order valence-corrected chi connectivity index (χ3v) is 4.96. The summed E-state index contributed by atoms with van der Waals surface area (Å²) in [7, 11) is -3.18. The Morgan fingerprint density at radius 3 is 2.38 bits per heavy atom. The summed E-state index contributed by atoms with van der Waals surface area (Å²) in [5.41, 5.74) is 6.57. The Balaban J connectivity index is 2.16. The number of sulfone groups is 1. The summed E-state index contributed by atoms with van der Waals surface area (Å²) < 4.78 is 29.6. The number of benzene rings is 2. The molecule has 0 aromatic heterocycles. The summed E-state index contributed by atoms with van der Waals surface area (Å²) in [6, 6.07) is 14.0. The number of hydrogen-bond donors (Lipinski definition) is 1. The predicted molar refractivity (Wildman–Crippen MR) is 83.2 cm³/mol. The molecule has 5 heteroatoms. The van der Waals surface area contributed by atoms with Crippen molar-refractivity contribution in [1.29, 1.82) is 0 Å². The Kier molecular flexibility index (Phi) is 4.98. The van der Waals surface area contributed by atoms with E-state index in [4.69, 9.17) is 10.5 Å². The molecule has 0 amide bonds. The van der Waals surface area contributed by atoms with Gasteiger partial charge in [-0.3, -0.25) is 0 Å². The second-order valence-corrected chi connectivity index (χ2v) is 6.85. The topological polar surface area (TPSA) is 69.4 Å². The molecule has 0 heterocycles. The Morgan fingerprint density at radius 2 is 1.76 bits per heavy atom. The molecule has 0 spiro atoms. The van der Waals surface area contributed by atoms with Crippen LogP contribution in [0.1, 0.15) is 18.9 Å². The van der Waals surface area contributed by atoms with Gasteiger partial charge in [-0.2, -0.15) is 0 Å². The summed E-state index contributed by atoms with van der Waals surface area (Å²) in [6.07, 6.45) is 0.604. The van der Waals surface area contributed by atoms with Gasteiger partial charge in [0.2, 0.25) is 0 Å². The SMILES string of the molecule is CCCS(=O)(=O)c1ccc(Oc2cccc(CN)c2)cc1. The molecule has 4 nitrogen and oxygen atoms in total. The van der Waals surface area contributed by atoms with Crippen LogP contribution in [0.3, 0.4) is 0 Å². The van der Waals surface area contributed by atoms with E-state index in [1.54, 1.807) is 24.3 Å². The van der Waals surface area contributed by atoms with Gasteiger partial charge in [-0.15, -0.1) is 0 Å². The van der Waals surface area contributed by atoms with Crippen LogP contribution in [-0.2, 0) is 16.4 Å². The molecular formula is C16H19NO3S. The molecule has 0 aliphatic rings. The highest BCUT2D eigenvalue weighted by Crippen LogP contribution is 2.24. The van der Waals surface area contributed by atoms with Crippen LogP contribution in [0.5, 0.6) is 11.5 Å². The normalized spacial score (nSPS) is 11.3. The first kappa shape index (κ1) is 15.5. The van der Waals surface area contributed by atoms with Gasteiger partial charge in [-0.05, 0) is 48.4 Å². The van der Waals surface area contributed by atoms with Crippen molar-refractivity contribution in [2.75, 3.05) is 5.75 Å². The second kappa shape index (κ2) is 6.74. The van der Waals surface area contributed by atoms with Crippen LogP contribution in [-0.4, -0.2) is 14.2 Å². The summed E-state index contributed by atoms with van der Waals surface area (Å²) in [6.45, 7) is 2.30. The third kappa shape index (κ3) is 4.06. The largest absolute Gasteiger partial charge is 0.457 e. The monoisotopic (exact) mass is 305 g/mol. The van der Waals surface area contributed by atoms with Crippen LogP contribution < -0.4 is 10.5 Å². The lowest BCUT2D eigenvalue weighted by atomic mass is 10.2. The molecule has 0 fully saturated rings. The zero-order valence-electron chi connectivity index (χ0n) is 12.0. The average molecular weight is 305 g/mol. The first-order valence-corrected chi connectivity index (χ1v) is 8.50. The van der Waals surface area contributed by atoms with E-state index in [1.807, 2.05) is 31.2 Å². The fraction of sp³-hybridized carbons (Fsp3) is 0.250. The van der Waals surface area contributed by atoms with Crippen molar-refractivity contribution in [2.45, 2.75) is 24.8 Å². The molecule has 2 rings (SSSR count). The second-order valence-electron chi connectivity index (χ2n) is 4.74. The molecule has 21 heavy (non-hydrogen) atoms. The van der Waals surface area contributed by atoms with Crippen molar-refractivity contribution in [3.63, 3.8) is 0 Å². The van der Waals surface area contributed by atoms with Crippen LogP contribution in [0, 0.1) is 0 Å². The molecule has 2 N–H and O–H groups in total. The maximum absolute atomic E-state index is 11.9. The average Bonchev–Trinajstić information content (AvgIpc) is 2.48. The van der Waals surface area contributed by atoms with Crippen LogP contribution >= 0.6 is 0 Å². The lowest BCUT2D eigenvalue weighted by molar-refractivity contribution is 0.481. The standard InChI is InChI=1S/C16H19NO3S/c1-2-10-21(18,19)16-8-6-14(7-9-16)20-15-5-3-4-13(11-15)12-17/h3-9,11H,2,10,12,17H2,1H3. The van der Waals surface area contributed by atoms with Gasteiger partial charge in [0, 0.05) is 6.54 Å². The Hall–Kier alpha value is -1.85. The molecule has 2 aromatic rings. The number of rotatable bonds is 6. The van der Waals surface area contributed by atoms with Gasteiger partial charge in [-0.1, -0.05) is 19.1 Å². The molecule has 0 saturated heterocycles. The van der Waals surface area contributed by atoms with Gasteiger partial charge >= 0.3 is 0 Å². The zero-order chi connectivity index (χ0) is 15.3. The highest BCUT2D eigenvalue weighted by Gasteiger charge is 2.12. The molecule has 0 aliphatic carbocycles. The Morgan fingerprint density at radius 1 is 1.05 bits per heavy atom. The predicted octanol–water partition coefficient (Wildman–Crippen LogP) is 3.12. The molecule has 0 atom stereocenters. The molecule has 0 saturated carbocycles. The summed E-state index contributed by atoms with van der Waals surface area (Å²) in [4.78, 5) is 0.326. The first-order chi connectivity index (χ1) is 10.0. The zero-order valence-corrected chi connectivity index (χ0v) is 12.8. The van der Waals surface area contributed by atoms with Crippen molar-refractivity contribution in [2.24, 2.45) is 5.73 Å². The van der Waals surface area contributed by atoms with Crippen molar-refractivity contribution < 1.29 is 13.2 Å². The van der Waals surface area contributed by atoms with Gasteiger partial charge in [0.15, 0.2) is 9.84 Å². The minimum absolute atomic E-state index is 0.158. The molecule has 0 aliphatic heterocycles. The third-order valence-electron chi connectivity index (χ3n) is 3.03. The quantitative estimate of drug-likeness (QED) is 0.890. The maximum Gasteiger partial charge on any atom is 0.178 e. The van der Waals surface area contributed by atoms with E-state index in [-0.39, 0.29) is 5.75 Å². The minimum Gasteiger partial charge on any atom is -0.457 e. The number of hydrogen-bond acceptors (Lipinski definition) is 4. The Bertz CT molecular complexity index is 694. The van der Waals surface area contributed by atoms with E-state index < -0.39 is 9.84 Å². The number of nitrogens with two attached hydrogens (primary N) is 1. The molecule has 112 valence electrons. The lowest BCUT2D eigenvalue weighted by Crippen LogP contribution is -2.05. The van der Waals surface area contributed by atoms with Gasteiger partial charge in [0.25, 0.3) is 0 Å². The van der Waals surface area contributed by atoms with Crippen LogP contribution in [0.25, 0.3) is 0 Å².